The van der Waals surface area contributed by atoms with E-state index < -0.39 is 0 Å². The maximum atomic E-state index is 12.4. The molecule has 0 saturated heterocycles. The lowest BCUT2D eigenvalue weighted by molar-refractivity contribution is -0.140. The first kappa shape index (κ1) is 17.3. The quantitative estimate of drug-likeness (QED) is 0.715. The Bertz CT molecular complexity index is 615. The molecule has 2 aliphatic carbocycles. The van der Waals surface area contributed by atoms with Crippen LogP contribution >= 0.6 is 0 Å². The topological polar surface area (TPSA) is 39.4 Å². The first-order valence-corrected chi connectivity index (χ1v) is 9.22. The van der Waals surface area contributed by atoms with Crippen LogP contribution in [0, 0.1) is 22.7 Å². The normalized spacial score (nSPS) is 35.9. The number of ether oxygens (including phenoxy) is 1. The van der Waals surface area contributed by atoms with Gasteiger partial charge in [0, 0.05) is 11.0 Å². The van der Waals surface area contributed by atoms with Crippen molar-refractivity contribution in [3.8, 4) is 0 Å². The molecule has 0 unspecified atom stereocenters. The molecule has 24 heavy (non-hydrogen) atoms. The lowest BCUT2D eigenvalue weighted by atomic mass is 9.46. The summed E-state index contributed by atoms with van der Waals surface area (Å²) >= 11 is 0. The van der Waals surface area contributed by atoms with Gasteiger partial charge in [-0.15, -0.1) is 0 Å². The number of furan rings is 1. The van der Waals surface area contributed by atoms with Crippen LogP contribution < -0.4 is 0 Å². The first-order chi connectivity index (χ1) is 11.4. The van der Waals surface area contributed by atoms with Gasteiger partial charge in [-0.1, -0.05) is 26.8 Å². The number of aryl methyl sites for hydroxylation is 1. The van der Waals surface area contributed by atoms with Crippen molar-refractivity contribution in [1.29, 1.82) is 0 Å². The van der Waals surface area contributed by atoms with Crippen LogP contribution in [0.3, 0.4) is 0 Å². The zero-order valence-electron chi connectivity index (χ0n) is 15.4. The minimum atomic E-state index is -0.131. The Labute approximate surface area is 145 Å². The fourth-order valence-electron chi connectivity index (χ4n) is 5.39. The van der Waals surface area contributed by atoms with E-state index in [1.807, 2.05) is 6.26 Å². The van der Waals surface area contributed by atoms with Gasteiger partial charge in [-0.2, -0.15) is 0 Å². The summed E-state index contributed by atoms with van der Waals surface area (Å²) in [6.45, 7) is 7.13. The molecule has 0 N–H and O–H groups in total. The second kappa shape index (κ2) is 6.42. The lowest BCUT2D eigenvalue weighted by Gasteiger charge is -2.57. The third-order valence-corrected chi connectivity index (χ3v) is 7.14. The average molecular weight is 330 g/mol. The minimum absolute atomic E-state index is 0.0526. The second-order valence-electron chi connectivity index (χ2n) is 8.23. The van der Waals surface area contributed by atoms with Crippen molar-refractivity contribution < 1.29 is 13.9 Å². The van der Waals surface area contributed by atoms with Crippen molar-refractivity contribution in [3.63, 3.8) is 0 Å². The van der Waals surface area contributed by atoms with Gasteiger partial charge in [0.05, 0.1) is 19.6 Å². The van der Waals surface area contributed by atoms with E-state index in [4.69, 9.17) is 9.15 Å². The van der Waals surface area contributed by atoms with Crippen LogP contribution in [-0.2, 0) is 16.0 Å². The molecule has 132 valence electrons. The first-order valence-electron chi connectivity index (χ1n) is 9.22. The molecule has 0 radical (unpaired) electrons. The summed E-state index contributed by atoms with van der Waals surface area (Å²) in [6.07, 6.45) is 12.3. The fraction of sp³-hybridized carbons (Fsp3) is 0.667. The summed E-state index contributed by atoms with van der Waals surface area (Å²) in [5, 5.41) is 0. The van der Waals surface area contributed by atoms with Crippen molar-refractivity contribution in [2.75, 3.05) is 7.11 Å². The van der Waals surface area contributed by atoms with Crippen molar-refractivity contribution in [1.82, 2.24) is 0 Å². The number of hydrogen-bond acceptors (Lipinski definition) is 3. The molecule has 1 fully saturated rings. The third kappa shape index (κ3) is 2.72. The molecule has 0 aliphatic heterocycles. The van der Waals surface area contributed by atoms with Gasteiger partial charge in [0.1, 0.15) is 0 Å². The van der Waals surface area contributed by atoms with E-state index in [0.717, 1.165) is 31.3 Å². The Morgan fingerprint density at radius 2 is 2.17 bits per heavy atom. The van der Waals surface area contributed by atoms with E-state index in [-0.39, 0.29) is 16.8 Å². The van der Waals surface area contributed by atoms with Gasteiger partial charge in [0.15, 0.2) is 0 Å². The standard InChI is InChI=1S/C21H30O3/c1-15-8-11-21(3)17(19(22)23-4)6-5-7-18(21)20(15,2)12-9-16-10-13-24-14-16/h6,10,13-15,18H,5,7-9,11-12H2,1-4H3/t15-,18-,20+,21+/m1/s1. The summed E-state index contributed by atoms with van der Waals surface area (Å²) in [5.41, 5.74) is 2.37. The third-order valence-electron chi connectivity index (χ3n) is 7.14. The molecular formula is C21H30O3. The number of allylic oxidation sites excluding steroid dienone is 1. The molecule has 0 amide bonds. The zero-order valence-corrected chi connectivity index (χ0v) is 15.4. The van der Waals surface area contributed by atoms with E-state index in [9.17, 15) is 4.79 Å². The Kier molecular flexibility index (Phi) is 4.63. The molecule has 3 rings (SSSR count). The summed E-state index contributed by atoms with van der Waals surface area (Å²) in [6, 6.07) is 2.07. The lowest BCUT2D eigenvalue weighted by Crippen LogP contribution is -2.51. The highest BCUT2D eigenvalue weighted by molar-refractivity contribution is 5.90. The van der Waals surface area contributed by atoms with Crippen LogP contribution in [-0.4, -0.2) is 13.1 Å². The SMILES string of the molecule is COC(=O)C1=CCC[C@@H]2[C@@](C)(CCc3ccoc3)[C@H](C)CC[C@@]12C. The van der Waals surface area contributed by atoms with Crippen LogP contribution in [0.4, 0.5) is 0 Å². The maximum absolute atomic E-state index is 12.4. The predicted molar refractivity (Wildman–Crippen MR) is 94.5 cm³/mol. The smallest absolute Gasteiger partial charge is 0.333 e. The number of methoxy groups -OCH3 is 1. The minimum Gasteiger partial charge on any atom is -0.472 e. The van der Waals surface area contributed by atoms with Crippen LogP contribution in [0.1, 0.15) is 58.4 Å². The molecule has 0 bridgehead atoms. The Morgan fingerprint density at radius 1 is 1.38 bits per heavy atom. The number of rotatable bonds is 4. The van der Waals surface area contributed by atoms with Gasteiger partial charge in [-0.05, 0) is 67.4 Å². The van der Waals surface area contributed by atoms with E-state index in [1.165, 1.54) is 25.5 Å². The number of esters is 1. The summed E-state index contributed by atoms with van der Waals surface area (Å²) in [5.74, 6) is 1.06. The Morgan fingerprint density at radius 3 is 2.83 bits per heavy atom. The van der Waals surface area contributed by atoms with Crippen molar-refractivity contribution in [2.45, 2.75) is 59.3 Å². The monoisotopic (exact) mass is 330 g/mol. The van der Waals surface area contributed by atoms with Crippen molar-refractivity contribution in [3.05, 3.63) is 35.8 Å². The van der Waals surface area contributed by atoms with Crippen molar-refractivity contribution in [2.24, 2.45) is 22.7 Å². The zero-order chi connectivity index (χ0) is 17.4. The highest BCUT2D eigenvalue weighted by atomic mass is 16.5. The number of fused-ring (bicyclic) bond motifs is 1. The number of carbonyl (C=O) groups excluding carboxylic acids is 1. The van der Waals surface area contributed by atoms with E-state index in [2.05, 4.69) is 32.9 Å². The van der Waals surface area contributed by atoms with Crippen LogP contribution in [0.25, 0.3) is 0 Å². The highest BCUT2D eigenvalue weighted by Gasteiger charge is 2.55. The van der Waals surface area contributed by atoms with Crippen LogP contribution in [0.15, 0.2) is 34.7 Å². The number of carbonyl (C=O) groups is 1. The Hall–Kier alpha value is -1.51. The summed E-state index contributed by atoms with van der Waals surface area (Å²) < 4.78 is 10.3. The molecule has 1 saturated carbocycles. The molecule has 2 aliphatic rings. The number of hydrogen-bond donors (Lipinski definition) is 0. The molecule has 3 heteroatoms. The van der Waals surface area contributed by atoms with Gasteiger partial charge in [0.2, 0.25) is 0 Å². The Balaban J connectivity index is 1.89. The largest absolute Gasteiger partial charge is 0.472 e. The van der Waals surface area contributed by atoms with Crippen LogP contribution in [0.5, 0.6) is 0 Å². The van der Waals surface area contributed by atoms with Gasteiger partial charge in [0.25, 0.3) is 0 Å². The molecule has 3 nitrogen and oxygen atoms in total. The molecule has 0 spiro atoms. The molecule has 1 aromatic heterocycles. The van der Waals surface area contributed by atoms with E-state index in [1.54, 1.807) is 6.26 Å². The molecule has 1 aromatic rings. The van der Waals surface area contributed by atoms with E-state index in [0.29, 0.717) is 11.8 Å². The molecule has 1 heterocycles. The van der Waals surface area contributed by atoms with Gasteiger partial charge in [-0.25, -0.2) is 4.79 Å². The van der Waals surface area contributed by atoms with Crippen molar-refractivity contribution >= 4 is 5.97 Å². The molecule has 0 aromatic carbocycles. The maximum Gasteiger partial charge on any atom is 0.333 e. The van der Waals surface area contributed by atoms with Gasteiger partial charge >= 0.3 is 5.97 Å². The van der Waals surface area contributed by atoms with Gasteiger partial charge < -0.3 is 9.15 Å². The highest BCUT2D eigenvalue weighted by Crippen LogP contribution is 2.61. The molecule has 4 atom stereocenters. The average Bonchev–Trinajstić information content (AvgIpc) is 3.09. The summed E-state index contributed by atoms with van der Waals surface area (Å²) in [4.78, 5) is 12.4. The van der Waals surface area contributed by atoms with Crippen LogP contribution in [0.2, 0.25) is 0 Å². The second-order valence-corrected chi connectivity index (χ2v) is 8.23. The summed E-state index contributed by atoms with van der Waals surface area (Å²) in [7, 11) is 1.50. The van der Waals surface area contributed by atoms with E-state index >= 15 is 0 Å². The molecular weight excluding hydrogens is 300 g/mol. The van der Waals surface area contributed by atoms with Gasteiger partial charge in [-0.3, -0.25) is 0 Å². The predicted octanol–water partition coefficient (Wildman–Crippen LogP) is 5.16. The fourth-order valence-corrected chi connectivity index (χ4v) is 5.39.